The monoisotopic (exact) mass is 479 g/mol. The number of fused-ring (bicyclic) bond motifs is 3. The van der Waals surface area contributed by atoms with E-state index in [2.05, 4.69) is 34.5 Å². The lowest BCUT2D eigenvalue weighted by Crippen LogP contribution is -2.05. The van der Waals surface area contributed by atoms with Crippen LogP contribution in [0.1, 0.15) is 25.3 Å². The molecule has 0 spiro atoms. The topological polar surface area (TPSA) is 98.5 Å². The Morgan fingerprint density at radius 3 is 2.42 bits per heavy atom. The largest absolute Gasteiger partial charge is 0.497 e. The Morgan fingerprint density at radius 2 is 1.76 bits per heavy atom. The minimum atomic E-state index is -3.91. The van der Waals surface area contributed by atoms with Crippen LogP contribution in [0.25, 0.3) is 15.9 Å². The summed E-state index contributed by atoms with van der Waals surface area (Å²) in [4.78, 5) is 4.80. The Kier molecular flexibility index (Phi) is 5.26. The molecule has 0 fully saturated rings. The SMILES string of the molecule is COc1ccc(Nc2nc3c(S(=O)(=O)c4ccc(C(C)C)cc4)nnn3c3ccsc23)cc1. The molecule has 0 amide bonds. The fraction of sp³-hybridized carbons (Fsp3) is 0.174. The first-order valence-corrected chi connectivity index (χ1v) is 12.6. The lowest BCUT2D eigenvalue weighted by Gasteiger charge is -2.09. The van der Waals surface area contributed by atoms with Crippen molar-refractivity contribution in [1.82, 2.24) is 19.8 Å². The van der Waals surface area contributed by atoms with Crippen LogP contribution in [0.2, 0.25) is 0 Å². The average Bonchev–Trinajstić information content (AvgIpc) is 3.47. The quantitative estimate of drug-likeness (QED) is 0.364. The van der Waals surface area contributed by atoms with E-state index < -0.39 is 9.84 Å². The molecule has 3 heterocycles. The first-order chi connectivity index (χ1) is 15.9. The van der Waals surface area contributed by atoms with Gasteiger partial charge in [-0.3, -0.25) is 0 Å². The highest BCUT2D eigenvalue weighted by atomic mass is 32.2. The highest BCUT2D eigenvalue weighted by molar-refractivity contribution is 7.91. The minimum Gasteiger partial charge on any atom is -0.497 e. The van der Waals surface area contributed by atoms with Crippen LogP contribution in [-0.4, -0.2) is 35.3 Å². The van der Waals surface area contributed by atoms with Crippen LogP contribution in [0.3, 0.4) is 0 Å². The molecular weight excluding hydrogens is 458 g/mol. The zero-order valence-electron chi connectivity index (χ0n) is 18.2. The molecule has 3 aromatic heterocycles. The van der Waals surface area contributed by atoms with Crippen molar-refractivity contribution >= 4 is 48.5 Å². The van der Waals surface area contributed by atoms with Gasteiger partial charge < -0.3 is 10.1 Å². The van der Waals surface area contributed by atoms with Gasteiger partial charge in [-0.15, -0.1) is 16.4 Å². The smallest absolute Gasteiger partial charge is 0.229 e. The van der Waals surface area contributed by atoms with Crippen molar-refractivity contribution in [2.75, 3.05) is 12.4 Å². The van der Waals surface area contributed by atoms with Crippen molar-refractivity contribution in [2.24, 2.45) is 0 Å². The van der Waals surface area contributed by atoms with Gasteiger partial charge in [-0.1, -0.05) is 31.2 Å². The maximum Gasteiger partial charge on any atom is 0.229 e. The second kappa shape index (κ2) is 8.13. The summed E-state index contributed by atoms with van der Waals surface area (Å²) in [7, 11) is -2.30. The van der Waals surface area contributed by atoms with E-state index in [0.717, 1.165) is 27.2 Å². The molecule has 0 aliphatic rings. The van der Waals surface area contributed by atoms with Gasteiger partial charge in [0, 0.05) is 5.69 Å². The first kappa shape index (κ1) is 21.4. The van der Waals surface area contributed by atoms with Crippen LogP contribution in [0.4, 0.5) is 11.5 Å². The number of anilines is 2. The predicted octanol–water partition coefficient (Wildman–Crippen LogP) is 5.05. The number of thiophene rings is 1. The van der Waals surface area contributed by atoms with Crippen molar-refractivity contribution in [3.05, 3.63) is 65.5 Å². The average molecular weight is 480 g/mol. The number of sulfone groups is 1. The van der Waals surface area contributed by atoms with Crippen molar-refractivity contribution in [3.63, 3.8) is 0 Å². The number of ether oxygens (including phenoxy) is 1. The van der Waals surface area contributed by atoms with Crippen LogP contribution in [0, 0.1) is 0 Å². The number of aromatic nitrogens is 4. The summed E-state index contributed by atoms with van der Waals surface area (Å²) in [5.41, 5.74) is 2.75. The first-order valence-electron chi connectivity index (χ1n) is 10.3. The second-order valence-corrected chi connectivity index (χ2v) is 10.6. The number of nitrogens with one attached hydrogen (secondary N) is 1. The molecule has 0 aliphatic carbocycles. The van der Waals surface area contributed by atoms with E-state index in [9.17, 15) is 8.42 Å². The number of hydrogen-bond donors (Lipinski definition) is 1. The van der Waals surface area contributed by atoms with Crippen LogP contribution in [0.15, 0.2) is 69.9 Å². The number of hydrogen-bond acceptors (Lipinski definition) is 8. The Balaban J connectivity index is 1.63. The van der Waals surface area contributed by atoms with E-state index in [4.69, 9.17) is 4.74 Å². The van der Waals surface area contributed by atoms with Gasteiger partial charge in [0.25, 0.3) is 0 Å². The van der Waals surface area contributed by atoms with Crippen LogP contribution in [0.5, 0.6) is 5.75 Å². The van der Waals surface area contributed by atoms with E-state index in [1.807, 2.05) is 47.8 Å². The van der Waals surface area contributed by atoms with Crippen LogP contribution < -0.4 is 10.1 Å². The van der Waals surface area contributed by atoms with Crippen LogP contribution >= 0.6 is 11.3 Å². The van der Waals surface area contributed by atoms with Gasteiger partial charge in [0.2, 0.25) is 14.9 Å². The molecule has 0 aliphatic heterocycles. The lowest BCUT2D eigenvalue weighted by atomic mass is 10.0. The second-order valence-electron chi connectivity index (χ2n) is 7.81. The summed E-state index contributed by atoms with van der Waals surface area (Å²) in [6, 6.07) is 16.1. The molecule has 0 saturated carbocycles. The molecule has 33 heavy (non-hydrogen) atoms. The molecule has 0 bridgehead atoms. The third-order valence-electron chi connectivity index (χ3n) is 5.39. The molecule has 168 valence electrons. The molecule has 5 rings (SSSR count). The zero-order chi connectivity index (χ0) is 23.2. The van der Waals surface area contributed by atoms with Gasteiger partial charge in [-0.05, 0) is 59.3 Å². The maximum atomic E-state index is 13.4. The van der Waals surface area contributed by atoms with Crippen molar-refractivity contribution < 1.29 is 13.2 Å². The minimum absolute atomic E-state index is 0.158. The Morgan fingerprint density at radius 1 is 1.03 bits per heavy atom. The number of rotatable bonds is 6. The molecule has 0 radical (unpaired) electrons. The molecular formula is C23H21N5O3S2. The normalized spacial score (nSPS) is 12.0. The summed E-state index contributed by atoms with van der Waals surface area (Å²) >= 11 is 1.49. The molecule has 1 N–H and O–H groups in total. The highest BCUT2D eigenvalue weighted by Crippen LogP contribution is 2.33. The van der Waals surface area contributed by atoms with Crippen molar-refractivity contribution in [1.29, 1.82) is 0 Å². The summed E-state index contributed by atoms with van der Waals surface area (Å²) in [6.45, 7) is 4.12. The summed E-state index contributed by atoms with van der Waals surface area (Å²) in [5, 5.41) is 13.2. The highest BCUT2D eigenvalue weighted by Gasteiger charge is 2.27. The molecule has 0 saturated heterocycles. The van der Waals surface area contributed by atoms with E-state index in [-0.39, 0.29) is 15.6 Å². The van der Waals surface area contributed by atoms with Crippen molar-refractivity contribution in [3.8, 4) is 5.75 Å². The van der Waals surface area contributed by atoms with E-state index in [1.54, 1.807) is 19.2 Å². The van der Waals surface area contributed by atoms with Crippen LogP contribution in [-0.2, 0) is 9.84 Å². The number of nitrogens with zero attached hydrogens (tertiary/aromatic N) is 4. The van der Waals surface area contributed by atoms with Gasteiger partial charge in [-0.25, -0.2) is 13.4 Å². The lowest BCUT2D eigenvalue weighted by molar-refractivity contribution is 0.415. The predicted molar refractivity (Wildman–Crippen MR) is 128 cm³/mol. The summed E-state index contributed by atoms with van der Waals surface area (Å²) in [5.74, 6) is 1.57. The standard InChI is InChI=1S/C23H21N5O3S2/c1-14(2)15-4-10-18(11-5-15)33(29,30)23-22-25-21(24-16-6-8-17(31-3)9-7-16)20-19(12-13-32-20)28(22)27-26-23/h4-14H,1-3H3,(H,24,25). The van der Waals surface area contributed by atoms with Gasteiger partial charge in [0.1, 0.15) is 5.75 Å². The Labute approximate surface area is 194 Å². The molecule has 10 heteroatoms. The third kappa shape index (κ3) is 3.70. The fourth-order valence-electron chi connectivity index (χ4n) is 3.54. The number of methoxy groups -OCH3 is 1. The molecule has 0 atom stereocenters. The fourth-order valence-corrected chi connectivity index (χ4v) is 5.59. The number of benzene rings is 2. The Hall–Kier alpha value is -3.50. The molecule has 5 aromatic rings. The van der Waals surface area contributed by atoms with Gasteiger partial charge in [0.05, 0.1) is 22.2 Å². The summed E-state index contributed by atoms with van der Waals surface area (Å²) < 4.78 is 34.4. The van der Waals surface area contributed by atoms with E-state index in [0.29, 0.717) is 11.7 Å². The van der Waals surface area contributed by atoms with E-state index in [1.165, 1.54) is 15.9 Å². The Bertz CT molecular complexity index is 1550. The molecule has 2 aromatic carbocycles. The van der Waals surface area contributed by atoms with Crippen molar-refractivity contribution in [2.45, 2.75) is 29.7 Å². The van der Waals surface area contributed by atoms with E-state index >= 15 is 0 Å². The molecule has 8 nitrogen and oxygen atoms in total. The maximum absolute atomic E-state index is 13.4. The molecule has 0 unspecified atom stereocenters. The summed E-state index contributed by atoms with van der Waals surface area (Å²) in [6.07, 6.45) is 0. The van der Waals surface area contributed by atoms with Gasteiger partial charge in [-0.2, -0.15) is 4.52 Å². The third-order valence-corrected chi connectivity index (χ3v) is 7.96. The van der Waals surface area contributed by atoms with Gasteiger partial charge in [0.15, 0.2) is 11.5 Å². The zero-order valence-corrected chi connectivity index (χ0v) is 19.8. The van der Waals surface area contributed by atoms with Gasteiger partial charge >= 0.3 is 0 Å².